The predicted octanol–water partition coefficient (Wildman–Crippen LogP) is 0.495. The van der Waals surface area contributed by atoms with E-state index in [2.05, 4.69) is 24.1 Å². The van der Waals surface area contributed by atoms with Crippen molar-refractivity contribution in [2.45, 2.75) is 32.7 Å². The number of nitrogens with one attached hydrogen (secondary N) is 1. The van der Waals surface area contributed by atoms with Gasteiger partial charge in [-0.2, -0.15) is 0 Å². The second-order valence-electron chi connectivity index (χ2n) is 6.24. The van der Waals surface area contributed by atoms with Crippen LogP contribution < -0.4 is 5.32 Å². The van der Waals surface area contributed by atoms with Crippen LogP contribution in [0.5, 0.6) is 0 Å². The molecule has 0 saturated carbocycles. The first-order chi connectivity index (χ1) is 7.86. The van der Waals surface area contributed by atoms with Gasteiger partial charge in [0.05, 0.1) is 11.5 Å². The number of nitrogens with zero attached hydrogens (tertiary/aromatic N) is 1. The third-order valence-corrected chi connectivity index (χ3v) is 5.59. The van der Waals surface area contributed by atoms with Crippen molar-refractivity contribution >= 4 is 9.84 Å². The van der Waals surface area contributed by atoms with E-state index in [9.17, 15) is 8.42 Å². The van der Waals surface area contributed by atoms with Gasteiger partial charge in [-0.25, -0.2) is 8.42 Å². The zero-order valence-corrected chi connectivity index (χ0v) is 11.7. The molecule has 0 aromatic rings. The summed E-state index contributed by atoms with van der Waals surface area (Å²) in [6, 6.07) is 0.164. The molecule has 100 valence electrons. The van der Waals surface area contributed by atoms with Crippen molar-refractivity contribution in [2.75, 3.05) is 37.7 Å². The summed E-state index contributed by atoms with van der Waals surface area (Å²) in [5.74, 6) is 0.629. The second-order valence-corrected chi connectivity index (χ2v) is 8.47. The third kappa shape index (κ3) is 3.93. The highest BCUT2D eigenvalue weighted by atomic mass is 32.2. The van der Waals surface area contributed by atoms with Crippen LogP contribution in [0.1, 0.15) is 26.7 Å². The van der Waals surface area contributed by atoms with Gasteiger partial charge in [0.2, 0.25) is 0 Å². The molecule has 2 aliphatic heterocycles. The molecule has 2 rings (SSSR count). The van der Waals surface area contributed by atoms with E-state index in [-0.39, 0.29) is 6.04 Å². The minimum atomic E-state index is -2.78. The molecule has 0 spiro atoms. The van der Waals surface area contributed by atoms with Gasteiger partial charge in [0.25, 0.3) is 0 Å². The van der Waals surface area contributed by atoms with E-state index >= 15 is 0 Å². The van der Waals surface area contributed by atoms with Crippen LogP contribution >= 0.6 is 0 Å². The Kier molecular flexibility index (Phi) is 3.80. The smallest absolute Gasteiger partial charge is 0.153 e. The van der Waals surface area contributed by atoms with Crippen molar-refractivity contribution in [3.63, 3.8) is 0 Å². The van der Waals surface area contributed by atoms with Crippen LogP contribution in [0.25, 0.3) is 0 Å². The zero-order valence-electron chi connectivity index (χ0n) is 10.9. The molecule has 2 aliphatic rings. The number of rotatable bonds is 3. The van der Waals surface area contributed by atoms with Crippen LogP contribution in [0, 0.1) is 5.41 Å². The molecule has 1 atom stereocenters. The van der Waals surface area contributed by atoms with Gasteiger partial charge >= 0.3 is 0 Å². The van der Waals surface area contributed by atoms with Gasteiger partial charge in [0.15, 0.2) is 9.84 Å². The van der Waals surface area contributed by atoms with Gasteiger partial charge in [-0.15, -0.1) is 0 Å². The van der Waals surface area contributed by atoms with E-state index in [1.54, 1.807) is 0 Å². The summed E-state index contributed by atoms with van der Waals surface area (Å²) in [5.41, 5.74) is 0.437. The lowest BCUT2D eigenvalue weighted by Gasteiger charge is -2.26. The Labute approximate surface area is 105 Å². The average Bonchev–Trinajstić information content (AvgIpc) is 2.54. The third-order valence-electron chi connectivity index (χ3n) is 3.85. The molecule has 0 amide bonds. The molecular formula is C12H24N2O2S. The lowest BCUT2D eigenvalue weighted by Crippen LogP contribution is -2.46. The fourth-order valence-electron chi connectivity index (χ4n) is 2.81. The van der Waals surface area contributed by atoms with Crippen LogP contribution in [-0.2, 0) is 9.84 Å². The highest BCUT2D eigenvalue weighted by Gasteiger charge is 2.30. The van der Waals surface area contributed by atoms with Gasteiger partial charge in [-0.1, -0.05) is 13.8 Å². The molecule has 0 aliphatic carbocycles. The normalized spacial score (nSPS) is 32.7. The average molecular weight is 260 g/mol. The fourth-order valence-corrected chi connectivity index (χ4v) is 4.30. The maximum Gasteiger partial charge on any atom is 0.153 e. The van der Waals surface area contributed by atoms with Crippen LogP contribution in [0.4, 0.5) is 0 Å². The molecule has 2 fully saturated rings. The number of hydrogen-bond donors (Lipinski definition) is 1. The molecule has 17 heavy (non-hydrogen) atoms. The topological polar surface area (TPSA) is 49.4 Å². The van der Waals surface area contributed by atoms with Crippen molar-refractivity contribution in [1.29, 1.82) is 0 Å². The quantitative estimate of drug-likeness (QED) is 0.802. The molecule has 0 bridgehead atoms. The molecule has 0 radical (unpaired) electrons. The Morgan fingerprint density at radius 1 is 1.41 bits per heavy atom. The first kappa shape index (κ1) is 13.3. The van der Waals surface area contributed by atoms with Crippen LogP contribution in [0.15, 0.2) is 0 Å². The highest BCUT2D eigenvalue weighted by Crippen LogP contribution is 2.28. The monoisotopic (exact) mass is 260 g/mol. The van der Waals surface area contributed by atoms with Gasteiger partial charge < -0.3 is 10.2 Å². The summed E-state index contributed by atoms with van der Waals surface area (Å²) in [6.45, 7) is 8.56. The maximum atomic E-state index is 11.5. The summed E-state index contributed by atoms with van der Waals surface area (Å²) in [4.78, 5) is 2.46. The first-order valence-electron chi connectivity index (χ1n) is 6.53. The Balaban J connectivity index is 1.76. The number of hydrogen-bond acceptors (Lipinski definition) is 4. The van der Waals surface area contributed by atoms with Crippen molar-refractivity contribution < 1.29 is 8.42 Å². The largest absolute Gasteiger partial charge is 0.312 e. The van der Waals surface area contributed by atoms with E-state index in [0.717, 1.165) is 26.1 Å². The molecule has 2 saturated heterocycles. The Morgan fingerprint density at radius 3 is 2.76 bits per heavy atom. The molecule has 5 heteroatoms. The summed E-state index contributed by atoms with van der Waals surface area (Å²) in [7, 11) is -2.78. The SMILES string of the molecule is CC1(C)CCN(CCC2CS(=O)(=O)CCN2)C1. The van der Waals surface area contributed by atoms with Crippen molar-refractivity contribution in [1.82, 2.24) is 10.2 Å². The molecule has 0 aromatic heterocycles. The molecule has 0 aromatic carbocycles. The summed E-state index contributed by atoms with van der Waals surface area (Å²) in [6.07, 6.45) is 2.21. The van der Waals surface area contributed by atoms with E-state index in [1.807, 2.05) is 0 Å². The zero-order chi connectivity index (χ0) is 12.5. The summed E-state index contributed by atoms with van der Waals surface area (Å²) < 4.78 is 23.0. The second kappa shape index (κ2) is 4.86. The van der Waals surface area contributed by atoms with Crippen LogP contribution in [0.2, 0.25) is 0 Å². The van der Waals surface area contributed by atoms with E-state index in [0.29, 0.717) is 23.5 Å². The molecule has 2 heterocycles. The predicted molar refractivity (Wildman–Crippen MR) is 69.9 cm³/mol. The fraction of sp³-hybridized carbons (Fsp3) is 1.00. The van der Waals surface area contributed by atoms with E-state index in [1.165, 1.54) is 6.42 Å². The minimum absolute atomic E-state index is 0.164. The lowest BCUT2D eigenvalue weighted by atomic mass is 9.93. The maximum absolute atomic E-state index is 11.5. The number of likely N-dealkylation sites (tertiary alicyclic amines) is 1. The first-order valence-corrected chi connectivity index (χ1v) is 8.35. The minimum Gasteiger partial charge on any atom is -0.312 e. The Morgan fingerprint density at radius 2 is 2.18 bits per heavy atom. The lowest BCUT2D eigenvalue weighted by molar-refractivity contribution is 0.276. The molecular weight excluding hydrogens is 236 g/mol. The van der Waals surface area contributed by atoms with Gasteiger partial charge in [0.1, 0.15) is 0 Å². The van der Waals surface area contributed by atoms with Gasteiger partial charge in [0, 0.05) is 19.1 Å². The van der Waals surface area contributed by atoms with E-state index < -0.39 is 9.84 Å². The van der Waals surface area contributed by atoms with Crippen LogP contribution in [0.3, 0.4) is 0 Å². The standard InChI is InChI=1S/C12H24N2O2S/c1-12(2)4-7-14(10-12)6-3-11-9-17(15,16)8-5-13-11/h11,13H,3-10H2,1-2H3. The summed E-state index contributed by atoms with van der Waals surface area (Å²) >= 11 is 0. The Hall–Kier alpha value is -0.130. The number of sulfone groups is 1. The van der Waals surface area contributed by atoms with Gasteiger partial charge in [-0.05, 0) is 31.3 Å². The van der Waals surface area contributed by atoms with Crippen molar-refractivity contribution in [2.24, 2.45) is 5.41 Å². The van der Waals surface area contributed by atoms with Crippen LogP contribution in [-0.4, -0.2) is 57.0 Å². The summed E-state index contributed by atoms with van der Waals surface area (Å²) in [5, 5.41) is 3.31. The van der Waals surface area contributed by atoms with Crippen molar-refractivity contribution in [3.8, 4) is 0 Å². The van der Waals surface area contributed by atoms with E-state index in [4.69, 9.17) is 0 Å². The molecule has 1 unspecified atom stereocenters. The van der Waals surface area contributed by atoms with Gasteiger partial charge in [-0.3, -0.25) is 0 Å². The highest BCUT2D eigenvalue weighted by molar-refractivity contribution is 7.91. The van der Waals surface area contributed by atoms with Crippen molar-refractivity contribution in [3.05, 3.63) is 0 Å². The molecule has 1 N–H and O–H groups in total. The Bertz CT molecular complexity index is 365. The molecule has 4 nitrogen and oxygen atoms in total.